The molecular formula is C14H10Br2FNO2. The average molecular weight is 403 g/mol. The lowest BCUT2D eigenvalue weighted by atomic mass is 10.0. The van der Waals surface area contributed by atoms with Crippen molar-refractivity contribution < 1.29 is 13.9 Å². The zero-order valence-corrected chi connectivity index (χ0v) is 13.6. The van der Waals surface area contributed by atoms with E-state index in [1.807, 2.05) is 0 Å². The molecule has 6 heteroatoms. The zero-order chi connectivity index (χ0) is 14.9. The number of carbonyl (C=O) groups is 1. The maximum Gasteiger partial charge on any atom is 0.195 e. The lowest BCUT2D eigenvalue weighted by molar-refractivity contribution is 0.103. The van der Waals surface area contributed by atoms with Gasteiger partial charge in [-0.05, 0) is 62.2 Å². The molecule has 0 radical (unpaired) electrons. The van der Waals surface area contributed by atoms with Crippen LogP contribution in [0.5, 0.6) is 5.75 Å². The largest absolute Gasteiger partial charge is 0.497 e. The number of rotatable bonds is 3. The Hall–Kier alpha value is -1.40. The summed E-state index contributed by atoms with van der Waals surface area (Å²) in [6.07, 6.45) is 0. The van der Waals surface area contributed by atoms with Gasteiger partial charge in [0, 0.05) is 20.1 Å². The maximum absolute atomic E-state index is 13.3. The van der Waals surface area contributed by atoms with Gasteiger partial charge in [0.05, 0.1) is 12.8 Å². The fourth-order valence-corrected chi connectivity index (χ4v) is 2.73. The van der Waals surface area contributed by atoms with Gasteiger partial charge >= 0.3 is 0 Å². The Morgan fingerprint density at radius 1 is 1.15 bits per heavy atom. The van der Waals surface area contributed by atoms with E-state index in [9.17, 15) is 9.18 Å². The number of nitrogens with two attached hydrogens (primary N) is 1. The summed E-state index contributed by atoms with van der Waals surface area (Å²) < 4.78 is 19.3. The number of anilines is 1. The molecule has 0 amide bonds. The van der Waals surface area contributed by atoms with Crippen LogP contribution in [-0.2, 0) is 0 Å². The number of ether oxygens (including phenoxy) is 1. The SMILES string of the molecule is COc1ccc(C(=O)c2cc(N)c(F)cc2Br)c(Br)c1. The Labute approximate surface area is 132 Å². The number of carbonyl (C=O) groups excluding carboxylic acids is 1. The lowest BCUT2D eigenvalue weighted by Crippen LogP contribution is -2.05. The van der Waals surface area contributed by atoms with Crippen molar-refractivity contribution in [3.8, 4) is 5.75 Å². The summed E-state index contributed by atoms with van der Waals surface area (Å²) in [6.45, 7) is 0. The Morgan fingerprint density at radius 3 is 2.40 bits per heavy atom. The zero-order valence-electron chi connectivity index (χ0n) is 10.4. The predicted molar refractivity (Wildman–Crippen MR) is 82.6 cm³/mol. The summed E-state index contributed by atoms with van der Waals surface area (Å²) in [5.41, 5.74) is 6.18. The van der Waals surface area contributed by atoms with Crippen LogP contribution in [0.15, 0.2) is 39.3 Å². The second-order valence-corrected chi connectivity index (χ2v) is 5.74. The van der Waals surface area contributed by atoms with E-state index in [2.05, 4.69) is 31.9 Å². The van der Waals surface area contributed by atoms with Crippen molar-refractivity contribution in [1.29, 1.82) is 0 Å². The summed E-state index contributed by atoms with van der Waals surface area (Å²) in [7, 11) is 1.54. The van der Waals surface area contributed by atoms with Crippen LogP contribution in [0.1, 0.15) is 15.9 Å². The Morgan fingerprint density at radius 2 is 1.80 bits per heavy atom. The van der Waals surface area contributed by atoms with Gasteiger partial charge in [-0.2, -0.15) is 0 Å². The van der Waals surface area contributed by atoms with Crippen LogP contribution in [0.25, 0.3) is 0 Å². The van der Waals surface area contributed by atoms with Crippen LogP contribution in [0.3, 0.4) is 0 Å². The lowest BCUT2D eigenvalue weighted by Gasteiger charge is -2.09. The van der Waals surface area contributed by atoms with Gasteiger partial charge in [-0.3, -0.25) is 4.79 Å². The molecule has 2 aromatic rings. The van der Waals surface area contributed by atoms with Crippen molar-refractivity contribution in [2.75, 3.05) is 12.8 Å². The highest BCUT2D eigenvalue weighted by molar-refractivity contribution is 9.11. The molecule has 2 N–H and O–H groups in total. The van der Waals surface area contributed by atoms with Crippen molar-refractivity contribution in [3.05, 3.63) is 56.2 Å². The molecule has 0 bridgehead atoms. The van der Waals surface area contributed by atoms with Crippen LogP contribution in [-0.4, -0.2) is 12.9 Å². The fourth-order valence-electron chi connectivity index (χ4n) is 1.69. The van der Waals surface area contributed by atoms with Crippen LogP contribution < -0.4 is 10.5 Å². The van der Waals surface area contributed by atoms with E-state index in [1.54, 1.807) is 25.3 Å². The molecule has 0 spiro atoms. The smallest absolute Gasteiger partial charge is 0.195 e. The fraction of sp³-hybridized carbons (Fsp3) is 0.0714. The Kier molecular flexibility index (Phi) is 4.45. The van der Waals surface area contributed by atoms with E-state index in [-0.39, 0.29) is 11.5 Å². The third kappa shape index (κ3) is 2.86. The minimum absolute atomic E-state index is 0.0683. The van der Waals surface area contributed by atoms with Gasteiger partial charge in [0.1, 0.15) is 11.6 Å². The summed E-state index contributed by atoms with van der Waals surface area (Å²) >= 11 is 6.50. The van der Waals surface area contributed by atoms with E-state index in [4.69, 9.17) is 10.5 Å². The molecule has 3 nitrogen and oxygen atoms in total. The van der Waals surface area contributed by atoms with Crippen LogP contribution in [0, 0.1) is 5.82 Å². The van der Waals surface area contributed by atoms with Gasteiger partial charge in [0.15, 0.2) is 5.78 Å². The molecule has 2 rings (SSSR count). The molecule has 104 valence electrons. The standard InChI is InChI=1S/C14H10Br2FNO2/c1-20-7-2-3-8(10(15)4-7)14(19)9-5-13(18)12(17)6-11(9)16/h2-6H,18H2,1H3. The molecule has 0 unspecified atom stereocenters. The second kappa shape index (κ2) is 5.93. The molecule has 20 heavy (non-hydrogen) atoms. The predicted octanol–water partition coefficient (Wildman–Crippen LogP) is 4.17. The first-order valence-corrected chi connectivity index (χ1v) is 7.15. The second-order valence-electron chi connectivity index (χ2n) is 4.03. The summed E-state index contributed by atoms with van der Waals surface area (Å²) in [5.74, 6) is -0.202. The first kappa shape index (κ1) is 15.0. The quantitative estimate of drug-likeness (QED) is 0.619. The Bertz CT molecular complexity index is 689. The monoisotopic (exact) mass is 401 g/mol. The molecule has 2 aromatic carbocycles. The van der Waals surface area contributed by atoms with Gasteiger partial charge in [-0.1, -0.05) is 0 Å². The average Bonchev–Trinajstić information content (AvgIpc) is 2.42. The molecule has 0 heterocycles. The summed E-state index contributed by atoms with van der Waals surface area (Å²) in [5, 5.41) is 0. The van der Waals surface area contributed by atoms with E-state index in [0.717, 1.165) is 0 Å². The Balaban J connectivity index is 2.49. The number of benzene rings is 2. The molecule has 0 aromatic heterocycles. The number of hydrogen-bond donors (Lipinski definition) is 1. The van der Waals surface area contributed by atoms with Gasteiger partial charge < -0.3 is 10.5 Å². The first-order valence-electron chi connectivity index (χ1n) is 5.56. The van der Waals surface area contributed by atoms with Crippen molar-refractivity contribution in [3.63, 3.8) is 0 Å². The van der Waals surface area contributed by atoms with Crippen molar-refractivity contribution in [2.24, 2.45) is 0 Å². The van der Waals surface area contributed by atoms with Crippen molar-refractivity contribution in [1.82, 2.24) is 0 Å². The molecule has 0 fully saturated rings. The van der Waals surface area contributed by atoms with Crippen LogP contribution in [0.4, 0.5) is 10.1 Å². The minimum Gasteiger partial charge on any atom is -0.497 e. The molecule has 0 saturated carbocycles. The molecule has 0 aliphatic carbocycles. The molecular weight excluding hydrogens is 393 g/mol. The van der Waals surface area contributed by atoms with Crippen molar-refractivity contribution in [2.45, 2.75) is 0 Å². The van der Waals surface area contributed by atoms with Crippen molar-refractivity contribution >= 4 is 43.3 Å². The van der Waals surface area contributed by atoms with E-state index < -0.39 is 5.82 Å². The minimum atomic E-state index is -0.567. The first-order chi connectivity index (χ1) is 9.43. The maximum atomic E-state index is 13.3. The number of hydrogen-bond acceptors (Lipinski definition) is 3. The van der Waals surface area contributed by atoms with Gasteiger partial charge in [0.25, 0.3) is 0 Å². The topological polar surface area (TPSA) is 52.3 Å². The van der Waals surface area contributed by atoms with E-state index in [0.29, 0.717) is 25.8 Å². The van der Waals surface area contributed by atoms with Crippen LogP contribution >= 0.6 is 31.9 Å². The number of halogens is 3. The van der Waals surface area contributed by atoms with Gasteiger partial charge in [-0.15, -0.1) is 0 Å². The summed E-state index contributed by atoms with van der Waals surface area (Å²) in [4.78, 5) is 12.5. The molecule has 0 aliphatic heterocycles. The highest BCUT2D eigenvalue weighted by atomic mass is 79.9. The highest BCUT2D eigenvalue weighted by Crippen LogP contribution is 2.29. The number of nitrogen functional groups attached to an aromatic ring is 1. The normalized spacial score (nSPS) is 10.4. The van der Waals surface area contributed by atoms with E-state index in [1.165, 1.54) is 12.1 Å². The van der Waals surface area contributed by atoms with Crippen LogP contribution in [0.2, 0.25) is 0 Å². The molecule has 0 aliphatic rings. The highest BCUT2D eigenvalue weighted by Gasteiger charge is 2.18. The third-order valence-corrected chi connectivity index (χ3v) is 4.06. The van der Waals surface area contributed by atoms with E-state index >= 15 is 0 Å². The third-order valence-electron chi connectivity index (χ3n) is 2.75. The summed E-state index contributed by atoms with van der Waals surface area (Å²) in [6, 6.07) is 7.50. The number of ketones is 1. The molecule has 0 atom stereocenters. The number of methoxy groups -OCH3 is 1. The van der Waals surface area contributed by atoms with Gasteiger partial charge in [0.2, 0.25) is 0 Å². The van der Waals surface area contributed by atoms with Gasteiger partial charge in [-0.25, -0.2) is 4.39 Å². The molecule has 0 saturated heterocycles.